The van der Waals surface area contributed by atoms with Crippen molar-refractivity contribution >= 4 is 49.0 Å². The highest BCUT2D eigenvalue weighted by Gasteiger charge is 2.18. The van der Waals surface area contributed by atoms with Crippen LogP contribution in [-0.2, 0) is 54.0 Å². The Kier molecular flexibility index (Phi) is 13.5. The van der Waals surface area contributed by atoms with Crippen molar-refractivity contribution in [3.63, 3.8) is 0 Å². The van der Waals surface area contributed by atoms with Crippen molar-refractivity contribution in [3.8, 4) is 5.88 Å². The van der Waals surface area contributed by atoms with E-state index < -0.39 is 14.7 Å². The van der Waals surface area contributed by atoms with Crippen molar-refractivity contribution in [1.82, 2.24) is 39.0 Å². The number of rotatable bonds is 17. The summed E-state index contributed by atoms with van der Waals surface area (Å²) >= 11 is 0. The predicted molar refractivity (Wildman–Crippen MR) is 200 cm³/mol. The number of H-pyrrole nitrogens is 1. The first-order valence-electron chi connectivity index (χ1n) is 16.3. The van der Waals surface area contributed by atoms with Crippen LogP contribution < -0.4 is 21.8 Å². The molecule has 2 unspecified atom stereocenters. The summed E-state index contributed by atoms with van der Waals surface area (Å²) in [5.74, 6) is 0.455. The Morgan fingerprint density at radius 1 is 0.717 bits per heavy atom. The Balaban J connectivity index is 0.000000204. The van der Waals surface area contributed by atoms with E-state index in [1.165, 1.54) is 13.4 Å². The van der Waals surface area contributed by atoms with Gasteiger partial charge in [-0.2, -0.15) is 15.0 Å². The molecule has 0 spiro atoms. The van der Waals surface area contributed by atoms with Gasteiger partial charge in [-0.05, 0) is 11.1 Å². The third kappa shape index (κ3) is 11.5. The lowest BCUT2D eigenvalue weighted by Gasteiger charge is -2.14. The Morgan fingerprint density at radius 2 is 1.21 bits per heavy atom. The van der Waals surface area contributed by atoms with Gasteiger partial charge >= 0.3 is 0 Å². The van der Waals surface area contributed by atoms with Gasteiger partial charge in [0, 0.05) is 26.4 Å². The number of ether oxygens (including phenoxy) is 3. The fourth-order valence-electron chi connectivity index (χ4n) is 4.81. The maximum absolute atomic E-state index is 12.5. The van der Waals surface area contributed by atoms with Crippen molar-refractivity contribution in [2.75, 3.05) is 57.8 Å². The summed E-state index contributed by atoms with van der Waals surface area (Å²) in [5.41, 5.74) is 14.5. The molecule has 0 saturated heterocycles. The number of benzene rings is 2. The third-order valence-electron chi connectivity index (χ3n) is 7.43. The lowest BCUT2D eigenvalue weighted by Crippen LogP contribution is -2.13. The SMILES string of the molecule is COc1nc(N)nc2c1ncn2CCOCP(C)(=O)OCc1ccccc1.CP(=O)(COCCn1cnc2c(=O)[nH]c(N)nc21)OCc1ccccc1. The smallest absolute Gasteiger partial charge is 0.280 e. The van der Waals surface area contributed by atoms with Crippen LogP contribution in [0.1, 0.15) is 11.1 Å². The first-order valence-corrected chi connectivity index (χ1v) is 20.8. The Bertz CT molecular complexity index is 2250. The van der Waals surface area contributed by atoms with E-state index in [0.29, 0.717) is 49.0 Å². The van der Waals surface area contributed by atoms with Crippen LogP contribution in [0.4, 0.5) is 11.9 Å². The zero-order valence-corrected chi connectivity index (χ0v) is 31.3. The fourth-order valence-corrected chi connectivity index (χ4v) is 6.72. The molecule has 18 nitrogen and oxygen atoms in total. The Morgan fingerprint density at radius 3 is 1.72 bits per heavy atom. The van der Waals surface area contributed by atoms with Gasteiger partial charge in [-0.3, -0.25) is 18.9 Å². The molecule has 282 valence electrons. The van der Waals surface area contributed by atoms with Gasteiger partial charge in [0.05, 0.1) is 46.2 Å². The summed E-state index contributed by atoms with van der Waals surface area (Å²) < 4.78 is 55.5. The highest BCUT2D eigenvalue weighted by atomic mass is 31.2. The van der Waals surface area contributed by atoms with E-state index in [4.69, 9.17) is 34.7 Å². The molecule has 0 saturated carbocycles. The monoisotopic (exact) mass is 768 g/mol. The molecule has 0 bridgehead atoms. The zero-order chi connectivity index (χ0) is 37.8. The van der Waals surface area contributed by atoms with E-state index in [-0.39, 0.29) is 48.9 Å². The molecule has 0 amide bonds. The number of nitrogens with two attached hydrogens (primary N) is 2. The standard InChI is InChI=1S/C17H22N5O4P.C16H20N5O4P/c1-24-16-14-15(20-17(18)21-16)22(11-19-14)8-9-25-12-27(2,23)26-10-13-6-4-3-5-7-13;1-26(23,25-9-12-5-3-2-4-6-12)11-24-8-7-21-10-18-13-14(21)19-16(17)20-15(13)22/h3-7,11H,8-10,12H2,1-2H3,(H2,18,20,21);2-6,10H,7-9,11H2,1H3,(H3,17,19,20,22). The molecule has 2 atom stereocenters. The van der Waals surface area contributed by atoms with E-state index in [2.05, 4.69) is 29.9 Å². The molecular weight excluding hydrogens is 726 g/mol. The Labute approximate surface area is 304 Å². The van der Waals surface area contributed by atoms with E-state index in [1.807, 2.05) is 60.7 Å². The largest absolute Gasteiger partial charge is 0.479 e. The molecule has 4 heterocycles. The maximum Gasteiger partial charge on any atom is 0.280 e. The quantitative estimate of drug-likeness (QED) is 0.0865. The maximum atomic E-state index is 12.5. The lowest BCUT2D eigenvalue weighted by atomic mass is 10.2. The number of hydrogen-bond donors (Lipinski definition) is 3. The molecule has 0 radical (unpaired) electrons. The minimum absolute atomic E-state index is 0.00259. The number of aromatic amines is 1. The lowest BCUT2D eigenvalue weighted by molar-refractivity contribution is 0.153. The van der Waals surface area contributed by atoms with Crippen LogP contribution in [0.3, 0.4) is 0 Å². The molecule has 53 heavy (non-hydrogen) atoms. The fraction of sp³-hybridized carbons (Fsp3) is 0.333. The van der Waals surface area contributed by atoms with Gasteiger partial charge in [0.15, 0.2) is 22.3 Å². The second-order valence-electron chi connectivity index (χ2n) is 11.9. The number of nitrogens with one attached hydrogen (secondary N) is 1. The molecule has 0 aliphatic rings. The molecular formula is C33H42N10O8P2. The average Bonchev–Trinajstić information content (AvgIpc) is 3.75. The van der Waals surface area contributed by atoms with Crippen LogP contribution in [0.25, 0.3) is 22.3 Å². The van der Waals surface area contributed by atoms with E-state index in [1.54, 1.807) is 28.8 Å². The van der Waals surface area contributed by atoms with Gasteiger partial charge in [-0.1, -0.05) is 60.7 Å². The number of nitrogen functional groups attached to an aromatic ring is 2. The second-order valence-corrected chi connectivity index (χ2v) is 17.0. The van der Waals surface area contributed by atoms with Gasteiger partial charge in [0.2, 0.25) is 32.5 Å². The third-order valence-corrected chi connectivity index (χ3v) is 10.1. The van der Waals surface area contributed by atoms with Crippen molar-refractivity contribution in [1.29, 1.82) is 0 Å². The van der Waals surface area contributed by atoms with Crippen molar-refractivity contribution < 1.29 is 32.4 Å². The summed E-state index contributed by atoms with van der Waals surface area (Å²) in [7, 11) is -4.21. The van der Waals surface area contributed by atoms with Crippen LogP contribution in [0.5, 0.6) is 5.88 Å². The molecule has 0 aliphatic heterocycles. The van der Waals surface area contributed by atoms with Crippen molar-refractivity contribution in [2.24, 2.45) is 0 Å². The number of fused-ring (bicyclic) bond motifs is 2. The zero-order valence-electron chi connectivity index (χ0n) is 29.5. The molecule has 20 heteroatoms. The number of anilines is 2. The first-order chi connectivity index (χ1) is 25.4. The van der Waals surface area contributed by atoms with Gasteiger partial charge in [0.1, 0.15) is 12.7 Å². The molecule has 5 N–H and O–H groups in total. The topological polar surface area (TPSA) is 239 Å². The number of nitrogens with zero attached hydrogens (tertiary/aromatic N) is 7. The Hall–Kier alpha value is -4.96. The highest BCUT2D eigenvalue weighted by molar-refractivity contribution is 7.58. The molecule has 6 aromatic rings. The summed E-state index contributed by atoms with van der Waals surface area (Å²) in [6.45, 7) is 5.14. The van der Waals surface area contributed by atoms with Crippen LogP contribution in [-0.4, -0.2) is 85.4 Å². The summed E-state index contributed by atoms with van der Waals surface area (Å²) in [4.78, 5) is 34.6. The van der Waals surface area contributed by atoms with Crippen molar-refractivity contribution in [3.05, 3.63) is 94.8 Å². The molecule has 2 aromatic carbocycles. The van der Waals surface area contributed by atoms with Crippen LogP contribution in [0.2, 0.25) is 0 Å². The summed E-state index contributed by atoms with van der Waals surface area (Å²) in [5, 5.41) is 0. The summed E-state index contributed by atoms with van der Waals surface area (Å²) in [6, 6.07) is 19.1. The normalized spacial score (nSPS) is 13.6. The van der Waals surface area contributed by atoms with Crippen LogP contribution in [0, 0.1) is 0 Å². The number of aromatic nitrogens is 8. The first kappa shape index (κ1) is 39.3. The number of imidazole rings is 2. The van der Waals surface area contributed by atoms with Crippen LogP contribution in [0.15, 0.2) is 78.1 Å². The van der Waals surface area contributed by atoms with Gasteiger partial charge < -0.3 is 43.9 Å². The van der Waals surface area contributed by atoms with Gasteiger partial charge in [-0.25, -0.2) is 9.97 Å². The average molecular weight is 769 g/mol. The van der Waals surface area contributed by atoms with E-state index in [9.17, 15) is 13.9 Å². The van der Waals surface area contributed by atoms with Gasteiger partial charge in [0.25, 0.3) is 5.56 Å². The molecule has 0 aliphatic carbocycles. The van der Waals surface area contributed by atoms with Crippen molar-refractivity contribution in [2.45, 2.75) is 26.3 Å². The van der Waals surface area contributed by atoms with E-state index >= 15 is 0 Å². The van der Waals surface area contributed by atoms with E-state index in [0.717, 1.165) is 11.1 Å². The molecule has 0 fully saturated rings. The minimum atomic E-state index is -2.87. The van der Waals surface area contributed by atoms with Crippen LogP contribution >= 0.6 is 14.7 Å². The number of hydrogen-bond acceptors (Lipinski definition) is 15. The second kappa shape index (κ2) is 18.2. The minimum Gasteiger partial charge on any atom is -0.479 e. The number of methoxy groups -OCH3 is 1. The predicted octanol–water partition coefficient (Wildman–Crippen LogP) is 4.32. The molecule has 4 aromatic heterocycles. The highest BCUT2D eigenvalue weighted by Crippen LogP contribution is 2.44. The van der Waals surface area contributed by atoms with Gasteiger partial charge in [-0.15, -0.1) is 0 Å². The summed E-state index contributed by atoms with van der Waals surface area (Å²) in [6.07, 6.45) is 3.14. The molecule has 6 rings (SSSR count).